The minimum Gasteiger partial charge on any atom is -0.493 e. The van der Waals surface area contributed by atoms with E-state index in [0.717, 1.165) is 48.4 Å². The molecule has 2 aromatic carbocycles. The van der Waals surface area contributed by atoms with Gasteiger partial charge in [0, 0.05) is 18.5 Å². The highest BCUT2D eigenvalue weighted by Crippen LogP contribution is 2.31. The minimum atomic E-state index is -0.146. The fourth-order valence-corrected chi connectivity index (χ4v) is 2.64. The molecule has 1 heterocycles. The Kier molecular flexibility index (Phi) is 4.20. The Morgan fingerprint density at radius 3 is 2.76 bits per heavy atom. The number of rotatable bonds is 5. The molecule has 0 saturated heterocycles. The average Bonchev–Trinajstić information content (AvgIpc) is 2.96. The molecular formula is C18H20FNO. The van der Waals surface area contributed by atoms with Gasteiger partial charge in [-0.2, -0.15) is 0 Å². The molecule has 0 saturated carbocycles. The summed E-state index contributed by atoms with van der Waals surface area (Å²) < 4.78 is 19.7. The van der Waals surface area contributed by atoms with Crippen LogP contribution in [0.15, 0.2) is 36.4 Å². The molecule has 0 unspecified atom stereocenters. The highest BCUT2D eigenvalue weighted by atomic mass is 19.1. The van der Waals surface area contributed by atoms with Crippen LogP contribution < -0.4 is 10.1 Å². The van der Waals surface area contributed by atoms with Crippen molar-refractivity contribution in [3.05, 3.63) is 53.3 Å². The third-order valence-electron chi connectivity index (χ3n) is 3.82. The van der Waals surface area contributed by atoms with E-state index in [0.29, 0.717) is 6.54 Å². The quantitative estimate of drug-likeness (QED) is 0.841. The maximum atomic E-state index is 14.2. The van der Waals surface area contributed by atoms with E-state index in [2.05, 4.69) is 18.3 Å². The summed E-state index contributed by atoms with van der Waals surface area (Å²) in [6.45, 7) is 4.34. The second kappa shape index (κ2) is 6.27. The molecule has 1 aliphatic heterocycles. The molecule has 0 radical (unpaired) electrons. The number of halogens is 1. The number of benzene rings is 2. The molecule has 0 atom stereocenters. The maximum Gasteiger partial charge on any atom is 0.128 e. The Hall–Kier alpha value is -1.87. The molecule has 3 rings (SSSR count). The lowest BCUT2D eigenvalue weighted by Gasteiger charge is -2.08. The zero-order valence-corrected chi connectivity index (χ0v) is 12.3. The number of fused-ring (bicyclic) bond motifs is 1. The van der Waals surface area contributed by atoms with Crippen LogP contribution in [0.25, 0.3) is 11.1 Å². The Balaban J connectivity index is 1.81. The van der Waals surface area contributed by atoms with E-state index in [-0.39, 0.29) is 5.82 Å². The third-order valence-corrected chi connectivity index (χ3v) is 3.82. The summed E-state index contributed by atoms with van der Waals surface area (Å²) in [6.07, 6.45) is 1.99. The SMILES string of the molecule is CCCNCc1ccc(-c2ccc3c(c2)CCO3)cc1F. The average molecular weight is 285 g/mol. The van der Waals surface area contributed by atoms with Crippen molar-refractivity contribution in [3.8, 4) is 16.9 Å². The predicted octanol–water partition coefficient (Wildman–Crippen LogP) is 3.93. The molecular weight excluding hydrogens is 265 g/mol. The van der Waals surface area contributed by atoms with Crippen LogP contribution in [0.2, 0.25) is 0 Å². The second-order valence-corrected chi connectivity index (χ2v) is 5.40. The highest BCUT2D eigenvalue weighted by molar-refractivity contribution is 5.66. The lowest BCUT2D eigenvalue weighted by molar-refractivity contribution is 0.357. The number of nitrogens with one attached hydrogen (secondary N) is 1. The number of hydrogen-bond acceptors (Lipinski definition) is 2. The van der Waals surface area contributed by atoms with Gasteiger partial charge < -0.3 is 10.1 Å². The summed E-state index contributed by atoms with van der Waals surface area (Å²) in [7, 11) is 0. The van der Waals surface area contributed by atoms with Gasteiger partial charge >= 0.3 is 0 Å². The molecule has 0 amide bonds. The van der Waals surface area contributed by atoms with Gasteiger partial charge in [0.05, 0.1) is 6.61 Å². The van der Waals surface area contributed by atoms with E-state index < -0.39 is 0 Å². The first kappa shape index (κ1) is 14.1. The zero-order valence-electron chi connectivity index (χ0n) is 12.3. The van der Waals surface area contributed by atoms with Crippen LogP contribution in [0.4, 0.5) is 4.39 Å². The monoisotopic (exact) mass is 285 g/mol. The number of ether oxygens (including phenoxy) is 1. The Morgan fingerprint density at radius 1 is 1.14 bits per heavy atom. The van der Waals surface area contributed by atoms with Gasteiger partial charge in [-0.25, -0.2) is 4.39 Å². The molecule has 3 heteroatoms. The molecule has 21 heavy (non-hydrogen) atoms. The molecule has 1 aliphatic rings. The van der Waals surface area contributed by atoms with Crippen molar-refractivity contribution in [3.63, 3.8) is 0 Å². The molecule has 1 N–H and O–H groups in total. The third kappa shape index (κ3) is 3.08. The normalized spacial score (nSPS) is 13.0. The molecule has 0 aromatic heterocycles. The summed E-state index contributed by atoms with van der Waals surface area (Å²) in [5.74, 6) is 0.812. The van der Waals surface area contributed by atoms with Crippen LogP contribution in [-0.2, 0) is 13.0 Å². The molecule has 0 aliphatic carbocycles. The van der Waals surface area contributed by atoms with Gasteiger partial charge in [-0.3, -0.25) is 0 Å². The van der Waals surface area contributed by atoms with Crippen molar-refractivity contribution >= 4 is 0 Å². The Labute approximate surface area is 125 Å². The smallest absolute Gasteiger partial charge is 0.128 e. The van der Waals surface area contributed by atoms with Crippen molar-refractivity contribution in [1.29, 1.82) is 0 Å². The van der Waals surface area contributed by atoms with Crippen LogP contribution in [0.3, 0.4) is 0 Å². The summed E-state index contributed by atoms with van der Waals surface area (Å²) in [5, 5.41) is 3.23. The van der Waals surface area contributed by atoms with Gasteiger partial charge in [-0.15, -0.1) is 0 Å². The van der Waals surface area contributed by atoms with E-state index >= 15 is 0 Å². The summed E-state index contributed by atoms with van der Waals surface area (Å²) in [4.78, 5) is 0. The van der Waals surface area contributed by atoms with Crippen molar-refractivity contribution in [1.82, 2.24) is 5.32 Å². The van der Waals surface area contributed by atoms with Crippen LogP contribution >= 0.6 is 0 Å². The van der Waals surface area contributed by atoms with Crippen LogP contribution in [0.1, 0.15) is 24.5 Å². The summed E-state index contributed by atoms with van der Waals surface area (Å²) >= 11 is 0. The molecule has 0 spiro atoms. The molecule has 2 aromatic rings. The fourth-order valence-electron chi connectivity index (χ4n) is 2.64. The molecule has 0 fully saturated rings. The van der Waals surface area contributed by atoms with Gasteiger partial charge in [-0.1, -0.05) is 25.1 Å². The first-order chi connectivity index (χ1) is 10.3. The second-order valence-electron chi connectivity index (χ2n) is 5.40. The predicted molar refractivity (Wildman–Crippen MR) is 83.0 cm³/mol. The standard InChI is InChI=1S/C18H20FNO/c1-2-8-20-12-16-4-3-14(11-17(16)19)13-5-6-18-15(10-13)7-9-21-18/h3-6,10-11,20H,2,7-9,12H2,1H3. The van der Waals surface area contributed by atoms with Crippen LogP contribution in [0, 0.1) is 5.82 Å². The minimum absolute atomic E-state index is 0.146. The Bertz CT molecular complexity index is 639. The topological polar surface area (TPSA) is 21.3 Å². The van der Waals surface area contributed by atoms with Crippen molar-refractivity contribution in [2.45, 2.75) is 26.3 Å². The van der Waals surface area contributed by atoms with Gasteiger partial charge in [0.2, 0.25) is 0 Å². The lowest BCUT2D eigenvalue weighted by Crippen LogP contribution is -2.14. The van der Waals surface area contributed by atoms with Gasteiger partial charge in [-0.05, 0) is 47.9 Å². The maximum absolute atomic E-state index is 14.2. The van der Waals surface area contributed by atoms with E-state index in [1.165, 1.54) is 5.56 Å². The van der Waals surface area contributed by atoms with Crippen molar-refractivity contribution in [2.24, 2.45) is 0 Å². The zero-order chi connectivity index (χ0) is 14.7. The summed E-state index contributed by atoms with van der Waals surface area (Å²) in [6, 6.07) is 11.6. The van der Waals surface area contributed by atoms with E-state index in [9.17, 15) is 4.39 Å². The lowest BCUT2D eigenvalue weighted by atomic mass is 10.0. The number of hydrogen-bond donors (Lipinski definition) is 1. The van der Waals surface area contributed by atoms with E-state index in [4.69, 9.17) is 4.74 Å². The van der Waals surface area contributed by atoms with Crippen molar-refractivity contribution < 1.29 is 9.13 Å². The van der Waals surface area contributed by atoms with Crippen molar-refractivity contribution in [2.75, 3.05) is 13.2 Å². The molecule has 0 bridgehead atoms. The van der Waals surface area contributed by atoms with Gasteiger partial charge in [0.1, 0.15) is 11.6 Å². The van der Waals surface area contributed by atoms with Crippen LogP contribution in [0.5, 0.6) is 5.75 Å². The highest BCUT2D eigenvalue weighted by Gasteiger charge is 2.13. The largest absolute Gasteiger partial charge is 0.493 e. The fraction of sp³-hybridized carbons (Fsp3) is 0.333. The Morgan fingerprint density at radius 2 is 1.95 bits per heavy atom. The van der Waals surface area contributed by atoms with Crippen LogP contribution in [-0.4, -0.2) is 13.2 Å². The first-order valence-electron chi connectivity index (χ1n) is 7.53. The summed E-state index contributed by atoms with van der Waals surface area (Å²) in [5.41, 5.74) is 3.89. The van der Waals surface area contributed by atoms with Gasteiger partial charge in [0.15, 0.2) is 0 Å². The van der Waals surface area contributed by atoms with Gasteiger partial charge in [0.25, 0.3) is 0 Å². The first-order valence-corrected chi connectivity index (χ1v) is 7.53. The van der Waals surface area contributed by atoms with E-state index in [1.807, 2.05) is 24.3 Å². The molecule has 2 nitrogen and oxygen atoms in total. The van der Waals surface area contributed by atoms with E-state index in [1.54, 1.807) is 6.07 Å². The molecule has 110 valence electrons.